The molecule has 4 heterocycles. The number of rotatable bonds is 3. The maximum absolute atomic E-state index is 13.1. The van der Waals surface area contributed by atoms with Gasteiger partial charge in [0.15, 0.2) is 5.65 Å². The molecular weight excluding hydrogens is 533 g/mol. The number of amides is 2. The second-order valence-electron chi connectivity index (χ2n) is 10.8. The van der Waals surface area contributed by atoms with Crippen molar-refractivity contribution in [1.29, 1.82) is 5.26 Å². The minimum absolute atomic E-state index is 0.0524. The van der Waals surface area contributed by atoms with Gasteiger partial charge in [0.25, 0.3) is 0 Å². The smallest absolute Gasteiger partial charge is 0.475 e. The molecule has 3 aliphatic rings. The fourth-order valence-electron chi connectivity index (χ4n) is 5.85. The molecule has 0 aromatic carbocycles. The number of carbonyl (C=O) groups is 3. The molecule has 5 rings (SSSR count). The predicted molar refractivity (Wildman–Crippen MR) is 136 cm³/mol. The van der Waals surface area contributed by atoms with Gasteiger partial charge >= 0.3 is 18.2 Å². The Hall–Kier alpha value is -3.93. The topological polar surface area (TPSA) is 162 Å². The van der Waals surface area contributed by atoms with Crippen molar-refractivity contribution >= 4 is 34.8 Å². The number of hydrogen-bond donors (Lipinski definition) is 2. The van der Waals surface area contributed by atoms with Crippen molar-refractivity contribution in [3.8, 4) is 6.07 Å². The second-order valence-corrected chi connectivity index (χ2v) is 10.8. The lowest BCUT2D eigenvalue weighted by atomic mass is 9.61. The van der Waals surface area contributed by atoms with Crippen LogP contribution in [0, 0.1) is 22.7 Å². The minimum atomic E-state index is -5.08. The van der Waals surface area contributed by atoms with Crippen LogP contribution in [0.25, 0.3) is 11.0 Å². The predicted octanol–water partition coefficient (Wildman–Crippen LogP) is 2.04. The summed E-state index contributed by atoms with van der Waals surface area (Å²) in [6, 6.07) is 4.10. The number of nitriles is 1. The SMILES string of the molecule is C[C@@H]1CCN(C(=O)CC#N)C[C@@H]1N(C)c1ncnc2c1ccn2C(=O)N1CC2(CC(N)C2)C1.O=C(O)C(F)(F)F. The number of likely N-dealkylation sites (tertiary alicyclic amines) is 2. The van der Waals surface area contributed by atoms with Gasteiger partial charge in [0.05, 0.1) is 17.5 Å². The number of piperidine rings is 1. The van der Waals surface area contributed by atoms with Crippen molar-refractivity contribution in [2.45, 2.75) is 50.9 Å². The number of aliphatic carboxylic acids is 1. The van der Waals surface area contributed by atoms with Crippen LogP contribution in [0.5, 0.6) is 0 Å². The van der Waals surface area contributed by atoms with E-state index in [9.17, 15) is 22.8 Å². The highest BCUT2D eigenvalue weighted by atomic mass is 19.4. The molecule has 2 aromatic heterocycles. The van der Waals surface area contributed by atoms with E-state index in [-0.39, 0.29) is 35.9 Å². The molecule has 0 radical (unpaired) electrons. The minimum Gasteiger partial charge on any atom is -0.475 e. The van der Waals surface area contributed by atoms with Gasteiger partial charge in [0, 0.05) is 50.9 Å². The zero-order valence-electron chi connectivity index (χ0n) is 22.1. The fraction of sp³-hybridized carbons (Fsp3) is 0.600. The van der Waals surface area contributed by atoms with E-state index in [1.165, 1.54) is 6.33 Å². The van der Waals surface area contributed by atoms with E-state index in [2.05, 4.69) is 21.8 Å². The molecule has 15 heteroatoms. The molecule has 0 bridgehead atoms. The number of fused-ring (bicyclic) bond motifs is 1. The van der Waals surface area contributed by atoms with Crippen LogP contribution in [0.3, 0.4) is 0 Å². The Morgan fingerprint density at radius 2 is 1.90 bits per heavy atom. The van der Waals surface area contributed by atoms with Crippen LogP contribution in [-0.4, -0.2) is 98.8 Å². The number of carboxylic acids is 1. The fourth-order valence-corrected chi connectivity index (χ4v) is 5.85. The average molecular weight is 565 g/mol. The first-order chi connectivity index (χ1) is 18.8. The number of nitrogens with two attached hydrogens (primary N) is 1. The summed E-state index contributed by atoms with van der Waals surface area (Å²) >= 11 is 0. The Kier molecular flexibility index (Phi) is 7.93. The van der Waals surface area contributed by atoms with E-state index in [1.807, 2.05) is 24.1 Å². The van der Waals surface area contributed by atoms with Crippen LogP contribution in [0.1, 0.15) is 32.6 Å². The molecule has 1 spiro atoms. The van der Waals surface area contributed by atoms with Crippen LogP contribution < -0.4 is 10.6 Å². The molecule has 2 atom stereocenters. The second kappa shape index (κ2) is 10.9. The highest BCUT2D eigenvalue weighted by molar-refractivity contribution is 5.95. The third-order valence-corrected chi connectivity index (χ3v) is 7.96. The number of anilines is 1. The number of nitrogens with zero attached hydrogens (tertiary/aromatic N) is 7. The summed E-state index contributed by atoms with van der Waals surface area (Å²) < 4.78 is 33.3. The molecule has 2 aliphatic heterocycles. The van der Waals surface area contributed by atoms with Crippen LogP contribution >= 0.6 is 0 Å². The van der Waals surface area contributed by atoms with E-state index in [0.29, 0.717) is 24.7 Å². The van der Waals surface area contributed by atoms with Gasteiger partial charge < -0.3 is 25.5 Å². The van der Waals surface area contributed by atoms with Crippen LogP contribution in [0.15, 0.2) is 18.6 Å². The first-order valence-electron chi connectivity index (χ1n) is 12.8. The Bertz CT molecular complexity index is 1330. The standard InChI is InChI=1S/C23H30N8O2.C2HF3O2/c1-15-4-7-29(19(32)3-6-24)11-18(15)28(2)20-17-5-8-31(21(17)27-14-26-20)22(33)30-12-23(13-30)9-16(25)10-23;3-2(4,5)1(6)7/h5,8,14-16,18H,3-4,7,9-13,25H2,1-2H3;(H,6,7)/t15-,18+;/m1./s1. The summed E-state index contributed by atoms with van der Waals surface area (Å²) in [6.07, 6.45) is 0.926. The van der Waals surface area contributed by atoms with Crippen molar-refractivity contribution < 1.29 is 32.7 Å². The number of carboxylic acid groups (broad SMARTS) is 1. The van der Waals surface area contributed by atoms with E-state index >= 15 is 0 Å². The first kappa shape index (κ1) is 29.1. The molecular formula is C25H31F3N8O4. The highest BCUT2D eigenvalue weighted by Crippen LogP contribution is 2.47. The highest BCUT2D eigenvalue weighted by Gasteiger charge is 2.53. The van der Waals surface area contributed by atoms with Crippen molar-refractivity contribution in [1.82, 2.24) is 24.3 Å². The maximum atomic E-state index is 13.1. The summed E-state index contributed by atoms with van der Waals surface area (Å²) in [5.41, 5.74) is 6.76. The largest absolute Gasteiger partial charge is 0.490 e. The number of likely N-dealkylation sites (N-methyl/N-ethyl adjacent to an activating group) is 1. The summed E-state index contributed by atoms with van der Waals surface area (Å²) in [7, 11) is 1.97. The normalized spacial score (nSPS) is 22.0. The molecule has 12 nitrogen and oxygen atoms in total. The molecule has 2 saturated heterocycles. The number of aromatic nitrogens is 3. The Morgan fingerprint density at radius 1 is 1.25 bits per heavy atom. The van der Waals surface area contributed by atoms with Crippen molar-refractivity contribution in [2.24, 2.45) is 17.1 Å². The van der Waals surface area contributed by atoms with Crippen LogP contribution in [-0.2, 0) is 9.59 Å². The number of alkyl halides is 3. The van der Waals surface area contributed by atoms with E-state index < -0.39 is 12.1 Å². The molecule has 2 amide bonds. The van der Waals surface area contributed by atoms with Gasteiger partial charge in [-0.3, -0.25) is 9.36 Å². The molecule has 3 fully saturated rings. The lowest BCUT2D eigenvalue weighted by Gasteiger charge is -2.58. The Labute approximate surface area is 228 Å². The van der Waals surface area contributed by atoms with Crippen molar-refractivity contribution in [3.05, 3.63) is 18.6 Å². The maximum Gasteiger partial charge on any atom is 0.490 e. The molecule has 216 valence electrons. The van der Waals surface area contributed by atoms with Gasteiger partial charge in [-0.15, -0.1) is 0 Å². The first-order valence-corrected chi connectivity index (χ1v) is 12.8. The van der Waals surface area contributed by atoms with Crippen molar-refractivity contribution in [3.63, 3.8) is 0 Å². The van der Waals surface area contributed by atoms with Crippen molar-refractivity contribution in [2.75, 3.05) is 38.1 Å². The lowest BCUT2D eigenvalue weighted by Crippen LogP contribution is -2.67. The van der Waals surface area contributed by atoms with E-state index in [0.717, 1.165) is 43.6 Å². The molecule has 40 heavy (non-hydrogen) atoms. The lowest BCUT2D eigenvalue weighted by molar-refractivity contribution is -0.192. The van der Waals surface area contributed by atoms with Gasteiger partial charge in [-0.1, -0.05) is 6.92 Å². The van der Waals surface area contributed by atoms with Crippen LogP contribution in [0.4, 0.5) is 23.8 Å². The number of halogens is 3. The third kappa shape index (κ3) is 5.67. The van der Waals surface area contributed by atoms with Gasteiger partial charge in [-0.2, -0.15) is 18.4 Å². The number of carbonyl (C=O) groups excluding carboxylic acids is 2. The number of hydrogen-bond acceptors (Lipinski definition) is 8. The molecule has 1 aliphatic carbocycles. The van der Waals surface area contributed by atoms with E-state index in [4.69, 9.17) is 20.9 Å². The summed E-state index contributed by atoms with van der Waals surface area (Å²) in [4.78, 5) is 49.0. The molecule has 0 unspecified atom stereocenters. The summed E-state index contributed by atoms with van der Waals surface area (Å²) in [5, 5.41) is 16.8. The van der Waals surface area contributed by atoms with Gasteiger partial charge in [0.2, 0.25) is 5.91 Å². The summed E-state index contributed by atoms with van der Waals surface area (Å²) in [6.45, 7) is 4.89. The quantitative estimate of drug-likeness (QED) is 0.568. The van der Waals surface area contributed by atoms with Crippen LogP contribution in [0.2, 0.25) is 0 Å². The molecule has 1 saturated carbocycles. The van der Waals surface area contributed by atoms with Gasteiger partial charge in [-0.25, -0.2) is 19.6 Å². The average Bonchev–Trinajstić information content (AvgIpc) is 3.29. The van der Waals surface area contributed by atoms with E-state index in [1.54, 1.807) is 15.7 Å². The Morgan fingerprint density at radius 3 is 2.48 bits per heavy atom. The monoisotopic (exact) mass is 564 g/mol. The molecule has 3 N–H and O–H groups in total. The Balaban J connectivity index is 0.000000470. The summed E-state index contributed by atoms with van der Waals surface area (Å²) in [5.74, 6) is -1.80. The van der Waals surface area contributed by atoms with Gasteiger partial charge in [-0.05, 0) is 31.2 Å². The van der Waals surface area contributed by atoms with Gasteiger partial charge in [0.1, 0.15) is 18.6 Å². The molecule has 2 aromatic rings. The zero-order valence-corrected chi connectivity index (χ0v) is 22.1. The third-order valence-electron chi connectivity index (χ3n) is 7.96. The zero-order chi connectivity index (χ0) is 29.4.